The minimum atomic E-state index is 0.235. The number of carbonyl (C=O) groups excluding carboxylic acids is 1. The molecule has 6 rings (SSSR count). The molecule has 35 heavy (non-hydrogen) atoms. The largest absolute Gasteiger partial charge is 0.495 e. The monoisotopic (exact) mass is 470 g/mol. The van der Waals surface area contributed by atoms with E-state index in [1.165, 1.54) is 44.1 Å². The van der Waals surface area contributed by atoms with Crippen molar-refractivity contribution in [3.63, 3.8) is 0 Å². The van der Waals surface area contributed by atoms with Gasteiger partial charge in [-0.05, 0) is 75.3 Å². The average Bonchev–Trinajstić information content (AvgIpc) is 3.64. The van der Waals surface area contributed by atoms with Gasteiger partial charge in [-0.15, -0.1) is 0 Å². The Balaban J connectivity index is 1.09. The summed E-state index contributed by atoms with van der Waals surface area (Å²) in [6.07, 6.45) is 13.3. The first kappa shape index (κ1) is 22.8. The molecule has 4 nitrogen and oxygen atoms in total. The molecule has 2 bridgehead atoms. The third-order valence-corrected chi connectivity index (χ3v) is 8.78. The number of carbonyl (C=O) groups is 1. The van der Waals surface area contributed by atoms with Crippen LogP contribution < -0.4 is 4.74 Å². The number of methoxy groups -OCH3 is 1. The predicted molar refractivity (Wildman–Crippen MR) is 141 cm³/mol. The summed E-state index contributed by atoms with van der Waals surface area (Å²) in [6.45, 7) is 2.09. The van der Waals surface area contributed by atoms with Crippen LogP contribution in [0.1, 0.15) is 67.3 Å². The summed E-state index contributed by atoms with van der Waals surface area (Å²) in [5.41, 5.74) is 3.46. The van der Waals surface area contributed by atoms with Crippen LogP contribution in [0.5, 0.6) is 5.75 Å². The Morgan fingerprint density at radius 2 is 1.71 bits per heavy atom. The first-order chi connectivity index (χ1) is 17.2. The summed E-state index contributed by atoms with van der Waals surface area (Å²) in [4.78, 5) is 15.8. The molecule has 3 heterocycles. The van der Waals surface area contributed by atoms with Gasteiger partial charge in [0.2, 0.25) is 0 Å². The second-order valence-electron chi connectivity index (χ2n) is 11.1. The van der Waals surface area contributed by atoms with Crippen LogP contribution >= 0.6 is 0 Å². The van der Waals surface area contributed by atoms with E-state index in [1.54, 1.807) is 7.11 Å². The molecule has 0 radical (unpaired) electrons. The summed E-state index contributed by atoms with van der Waals surface area (Å²) in [7, 11) is 1.73. The van der Waals surface area contributed by atoms with Gasteiger partial charge in [-0.25, -0.2) is 0 Å². The fourth-order valence-corrected chi connectivity index (χ4v) is 6.86. The van der Waals surface area contributed by atoms with Crippen molar-refractivity contribution in [3.05, 3.63) is 65.9 Å². The Kier molecular flexibility index (Phi) is 6.40. The highest BCUT2D eigenvalue weighted by atomic mass is 16.5. The first-order valence-electron chi connectivity index (χ1n) is 13.7. The molecular formula is C31H38N2O2. The number of ketones is 1. The van der Waals surface area contributed by atoms with E-state index in [0.29, 0.717) is 5.78 Å². The van der Waals surface area contributed by atoms with E-state index in [9.17, 15) is 4.79 Å². The molecule has 0 spiro atoms. The van der Waals surface area contributed by atoms with Gasteiger partial charge in [0.25, 0.3) is 0 Å². The number of fused-ring (bicyclic) bond motifs is 3. The molecule has 4 heteroatoms. The van der Waals surface area contributed by atoms with Crippen molar-refractivity contribution >= 4 is 16.7 Å². The molecule has 1 aromatic heterocycles. The van der Waals surface area contributed by atoms with Crippen LogP contribution in [0.3, 0.4) is 0 Å². The lowest BCUT2D eigenvalue weighted by atomic mass is 9.86. The van der Waals surface area contributed by atoms with Gasteiger partial charge in [-0.2, -0.15) is 0 Å². The Hall–Kier alpha value is -2.59. The molecular weight excluding hydrogens is 432 g/mol. The minimum Gasteiger partial charge on any atom is -0.495 e. The van der Waals surface area contributed by atoms with Gasteiger partial charge in [0.15, 0.2) is 5.78 Å². The summed E-state index contributed by atoms with van der Waals surface area (Å²) in [6, 6.07) is 18.6. The van der Waals surface area contributed by atoms with Gasteiger partial charge < -0.3 is 9.30 Å². The molecule has 3 atom stereocenters. The van der Waals surface area contributed by atoms with Crippen molar-refractivity contribution in [1.29, 1.82) is 0 Å². The minimum absolute atomic E-state index is 0.235. The van der Waals surface area contributed by atoms with E-state index < -0.39 is 0 Å². The topological polar surface area (TPSA) is 34.5 Å². The van der Waals surface area contributed by atoms with Gasteiger partial charge in [-0.1, -0.05) is 42.5 Å². The molecule has 1 unspecified atom stereocenters. The summed E-state index contributed by atoms with van der Waals surface area (Å²) < 4.78 is 7.99. The molecule has 1 saturated carbocycles. The molecule has 3 fully saturated rings. The number of aromatic nitrogens is 1. The van der Waals surface area contributed by atoms with E-state index >= 15 is 0 Å². The zero-order chi connectivity index (χ0) is 23.8. The van der Waals surface area contributed by atoms with Gasteiger partial charge in [0.05, 0.1) is 12.6 Å². The Labute approximate surface area is 209 Å². The summed E-state index contributed by atoms with van der Waals surface area (Å²) in [5.74, 6) is 2.30. The van der Waals surface area contributed by atoms with Crippen LogP contribution in [0, 0.1) is 11.8 Å². The molecule has 3 aliphatic rings. The van der Waals surface area contributed by atoms with Crippen molar-refractivity contribution in [1.82, 2.24) is 9.47 Å². The van der Waals surface area contributed by atoms with Crippen molar-refractivity contribution < 1.29 is 9.53 Å². The normalized spacial score (nSPS) is 24.2. The van der Waals surface area contributed by atoms with Crippen LogP contribution in [0.4, 0.5) is 0 Å². The second kappa shape index (κ2) is 9.81. The zero-order valence-electron chi connectivity index (χ0n) is 21.0. The van der Waals surface area contributed by atoms with Crippen molar-refractivity contribution in [3.8, 4) is 5.75 Å². The zero-order valence-corrected chi connectivity index (χ0v) is 21.0. The van der Waals surface area contributed by atoms with E-state index in [1.807, 2.05) is 12.1 Å². The number of para-hydroxylation sites is 1. The number of hydrogen-bond donors (Lipinski definition) is 0. The molecule has 2 aliphatic heterocycles. The summed E-state index contributed by atoms with van der Waals surface area (Å²) >= 11 is 0. The third-order valence-electron chi connectivity index (χ3n) is 8.78. The first-order valence-corrected chi connectivity index (χ1v) is 13.7. The lowest BCUT2D eigenvalue weighted by molar-refractivity contribution is 0.0968. The van der Waals surface area contributed by atoms with Gasteiger partial charge >= 0.3 is 0 Å². The van der Waals surface area contributed by atoms with E-state index in [-0.39, 0.29) is 5.92 Å². The fourth-order valence-electron chi connectivity index (χ4n) is 6.86. The molecule has 1 aliphatic carbocycles. The second-order valence-corrected chi connectivity index (χ2v) is 11.1. The SMILES string of the molecule is COc1cccc2c(C(=O)C3CC3)cn(CCCN3[C@@H]4CC[C@H]3CC(CCc3ccccc3)C4)c12. The third kappa shape index (κ3) is 4.65. The number of Topliss-reactive ketones (excluding diaryl/α,β-unsaturated/α-hetero) is 1. The van der Waals surface area contributed by atoms with Crippen LogP contribution in [0.25, 0.3) is 10.9 Å². The Morgan fingerprint density at radius 3 is 2.43 bits per heavy atom. The Morgan fingerprint density at radius 1 is 0.943 bits per heavy atom. The lowest BCUT2D eigenvalue weighted by Crippen LogP contribution is -2.43. The Bertz CT molecular complexity index is 1170. The van der Waals surface area contributed by atoms with Crippen LogP contribution in [0.15, 0.2) is 54.7 Å². The smallest absolute Gasteiger partial charge is 0.168 e. The quantitative estimate of drug-likeness (QED) is 0.317. The van der Waals surface area contributed by atoms with Crippen LogP contribution in [-0.4, -0.2) is 41.0 Å². The van der Waals surface area contributed by atoms with Gasteiger partial charge in [0.1, 0.15) is 5.75 Å². The standard InChI is InChI=1S/C31H38N2O2/c1-35-29-10-5-9-27-28(31(34)24-13-14-24)21-32(30(27)29)17-6-18-33-25-15-16-26(33)20-23(19-25)12-11-22-7-3-2-4-8-22/h2-5,7-10,21,23-26H,6,11-20H2,1H3/t23?,25-,26+. The number of nitrogens with zero attached hydrogens (tertiary/aromatic N) is 2. The van der Waals surface area contributed by atoms with Crippen LogP contribution in [-0.2, 0) is 13.0 Å². The fraction of sp³-hybridized carbons (Fsp3) is 0.516. The maximum Gasteiger partial charge on any atom is 0.168 e. The van der Waals surface area contributed by atoms with Crippen molar-refractivity contribution in [2.45, 2.75) is 76.4 Å². The highest BCUT2D eigenvalue weighted by Crippen LogP contribution is 2.41. The molecule has 3 aromatic rings. The van der Waals surface area contributed by atoms with Gasteiger partial charge in [-0.3, -0.25) is 9.69 Å². The van der Waals surface area contributed by atoms with Crippen molar-refractivity contribution in [2.75, 3.05) is 13.7 Å². The van der Waals surface area contributed by atoms with E-state index in [2.05, 4.69) is 52.1 Å². The van der Waals surface area contributed by atoms with Crippen LogP contribution in [0.2, 0.25) is 0 Å². The number of ether oxygens (including phenoxy) is 1. The van der Waals surface area contributed by atoms with E-state index in [4.69, 9.17) is 4.74 Å². The number of hydrogen-bond acceptors (Lipinski definition) is 3. The molecule has 184 valence electrons. The van der Waals surface area contributed by atoms with E-state index in [0.717, 1.165) is 72.6 Å². The highest BCUT2D eigenvalue weighted by Gasteiger charge is 2.40. The van der Waals surface area contributed by atoms with Gasteiger partial charge in [0, 0.05) is 48.2 Å². The maximum absolute atomic E-state index is 13.0. The number of piperidine rings is 1. The molecule has 2 aromatic carbocycles. The number of benzene rings is 2. The summed E-state index contributed by atoms with van der Waals surface area (Å²) in [5, 5.41) is 1.06. The molecule has 0 amide bonds. The molecule has 2 saturated heterocycles. The number of rotatable bonds is 10. The van der Waals surface area contributed by atoms with Crippen molar-refractivity contribution in [2.24, 2.45) is 11.8 Å². The number of aryl methyl sites for hydroxylation is 2. The average molecular weight is 471 g/mol. The highest BCUT2D eigenvalue weighted by molar-refractivity contribution is 6.11. The lowest BCUT2D eigenvalue weighted by Gasteiger charge is -2.39. The maximum atomic E-state index is 13.0. The predicted octanol–water partition coefficient (Wildman–Crippen LogP) is 6.51. The molecule has 0 N–H and O–H groups in total.